The molecule has 0 radical (unpaired) electrons. The quantitative estimate of drug-likeness (QED) is 0.858. The molecule has 134 valence electrons. The van der Waals surface area contributed by atoms with Gasteiger partial charge in [0.2, 0.25) is 5.91 Å². The van der Waals surface area contributed by atoms with Crippen molar-refractivity contribution in [2.45, 2.75) is 44.3 Å². The highest BCUT2D eigenvalue weighted by Crippen LogP contribution is 2.26. The molecule has 0 bridgehead atoms. The monoisotopic (exact) mass is 346 g/mol. The first-order valence-corrected chi connectivity index (χ1v) is 7.69. The lowest BCUT2D eigenvalue weighted by Gasteiger charge is -2.32. The number of amides is 1. The zero-order valence-electron chi connectivity index (χ0n) is 13.3. The number of methoxy groups -OCH3 is 1. The molecule has 1 aromatic carbocycles. The molecule has 8 heteroatoms. The molecule has 24 heavy (non-hydrogen) atoms. The van der Waals surface area contributed by atoms with Gasteiger partial charge in [-0.2, -0.15) is 0 Å². The molecule has 1 amide bonds. The van der Waals surface area contributed by atoms with Gasteiger partial charge in [-0.3, -0.25) is 4.79 Å². The van der Waals surface area contributed by atoms with Gasteiger partial charge in [-0.25, -0.2) is 0 Å². The molecule has 3 N–H and O–H groups in total. The average molecular weight is 346 g/mol. The Balaban J connectivity index is 1.87. The van der Waals surface area contributed by atoms with E-state index in [1.165, 1.54) is 18.2 Å². The third kappa shape index (κ3) is 5.38. The second kappa shape index (κ2) is 7.85. The highest BCUT2D eigenvalue weighted by Gasteiger charge is 2.32. The third-order valence-electron chi connectivity index (χ3n) is 4.11. The average Bonchev–Trinajstić information content (AvgIpc) is 2.51. The van der Waals surface area contributed by atoms with Crippen LogP contribution in [0.4, 0.5) is 13.2 Å². The lowest BCUT2D eigenvalue weighted by molar-refractivity contribution is -0.274. The summed E-state index contributed by atoms with van der Waals surface area (Å²) in [5.74, 6) is -0.667. The lowest BCUT2D eigenvalue weighted by atomic mass is 9.83. The van der Waals surface area contributed by atoms with E-state index in [1.807, 2.05) is 0 Å². The second-order valence-corrected chi connectivity index (χ2v) is 5.86. The first-order valence-electron chi connectivity index (χ1n) is 7.69. The number of hydrogen-bond donors (Lipinski definition) is 2. The van der Waals surface area contributed by atoms with Crippen LogP contribution in [0.15, 0.2) is 24.3 Å². The van der Waals surface area contributed by atoms with E-state index in [2.05, 4.69) is 10.1 Å². The van der Waals surface area contributed by atoms with Gasteiger partial charge in [0.15, 0.2) is 0 Å². The fraction of sp³-hybridized carbons (Fsp3) is 0.562. The predicted molar refractivity (Wildman–Crippen MR) is 81.1 cm³/mol. The normalized spacial score (nSPS) is 24.5. The Labute approximate surface area is 138 Å². The maximum Gasteiger partial charge on any atom is 0.573 e. The van der Waals surface area contributed by atoms with Gasteiger partial charge >= 0.3 is 6.36 Å². The summed E-state index contributed by atoms with van der Waals surface area (Å²) in [4.78, 5) is 12.2. The van der Waals surface area contributed by atoms with E-state index in [9.17, 15) is 18.0 Å². The standard InChI is InChI=1S/C16H21F3N2O3/c1-23-14-6-5-11(8-13(14)20)15(22)21-9-10-3-2-4-12(7-10)24-16(17,18)19/h2-4,7,11,13-14H,5-6,8-9,20H2,1H3,(H,21,22)/t11-,13+,14+/m0/s1. The van der Waals surface area contributed by atoms with Crippen LogP contribution in [0, 0.1) is 5.92 Å². The number of carbonyl (C=O) groups excluding carboxylic acids is 1. The van der Waals surface area contributed by atoms with E-state index in [4.69, 9.17) is 10.5 Å². The molecule has 1 saturated carbocycles. The molecule has 0 saturated heterocycles. The fourth-order valence-electron chi connectivity index (χ4n) is 2.89. The summed E-state index contributed by atoms with van der Waals surface area (Å²) in [6.45, 7) is 0.132. The Kier molecular flexibility index (Phi) is 6.06. The van der Waals surface area contributed by atoms with E-state index in [0.29, 0.717) is 24.8 Å². The summed E-state index contributed by atoms with van der Waals surface area (Å²) < 4.78 is 45.8. The van der Waals surface area contributed by atoms with Crippen molar-refractivity contribution in [3.63, 3.8) is 0 Å². The molecule has 3 atom stereocenters. The van der Waals surface area contributed by atoms with Crippen LogP contribution >= 0.6 is 0 Å². The number of nitrogens with one attached hydrogen (secondary N) is 1. The van der Waals surface area contributed by atoms with Crippen LogP contribution < -0.4 is 15.8 Å². The van der Waals surface area contributed by atoms with Crippen LogP contribution in [0.1, 0.15) is 24.8 Å². The van der Waals surface area contributed by atoms with E-state index < -0.39 is 6.36 Å². The molecular formula is C16H21F3N2O3. The summed E-state index contributed by atoms with van der Waals surface area (Å²) in [5.41, 5.74) is 6.50. The Morgan fingerprint density at radius 2 is 2.12 bits per heavy atom. The Hall–Kier alpha value is -1.80. The van der Waals surface area contributed by atoms with Gasteiger partial charge < -0.3 is 20.5 Å². The van der Waals surface area contributed by atoms with Crippen LogP contribution in [-0.2, 0) is 16.1 Å². The smallest absolute Gasteiger partial charge is 0.406 e. The van der Waals surface area contributed by atoms with Crippen LogP contribution in [0.5, 0.6) is 5.75 Å². The van der Waals surface area contributed by atoms with E-state index in [0.717, 1.165) is 0 Å². The first-order chi connectivity index (χ1) is 11.3. The highest BCUT2D eigenvalue weighted by molar-refractivity contribution is 5.78. The molecule has 0 heterocycles. The van der Waals surface area contributed by atoms with Crippen molar-refractivity contribution in [1.29, 1.82) is 0 Å². The summed E-state index contributed by atoms with van der Waals surface area (Å²) >= 11 is 0. The zero-order chi connectivity index (χ0) is 17.7. The number of ether oxygens (including phenoxy) is 2. The highest BCUT2D eigenvalue weighted by atomic mass is 19.4. The van der Waals surface area contributed by atoms with E-state index in [-0.39, 0.29) is 36.3 Å². The Bertz CT molecular complexity index is 566. The Morgan fingerprint density at radius 1 is 1.38 bits per heavy atom. The minimum absolute atomic E-state index is 0.0368. The van der Waals surface area contributed by atoms with Gasteiger partial charge in [-0.05, 0) is 37.0 Å². The summed E-state index contributed by atoms with van der Waals surface area (Å²) in [5, 5.41) is 2.74. The maximum atomic E-state index is 12.2. The number of alkyl halides is 3. The van der Waals surface area contributed by atoms with Gasteiger partial charge in [-0.1, -0.05) is 12.1 Å². The van der Waals surface area contributed by atoms with Crippen LogP contribution in [0.2, 0.25) is 0 Å². The summed E-state index contributed by atoms with van der Waals surface area (Å²) in [6, 6.07) is 5.34. The van der Waals surface area contributed by atoms with Gasteiger partial charge in [0.05, 0.1) is 6.10 Å². The Morgan fingerprint density at radius 3 is 2.75 bits per heavy atom. The van der Waals surface area contributed by atoms with E-state index in [1.54, 1.807) is 13.2 Å². The number of halogens is 3. The second-order valence-electron chi connectivity index (χ2n) is 5.86. The maximum absolute atomic E-state index is 12.2. The molecule has 0 aliphatic heterocycles. The number of carbonyl (C=O) groups is 1. The van der Waals surface area contributed by atoms with Gasteiger partial charge in [0, 0.05) is 25.6 Å². The number of hydrogen-bond acceptors (Lipinski definition) is 4. The van der Waals surface area contributed by atoms with Crippen LogP contribution in [0.25, 0.3) is 0 Å². The SMILES string of the molecule is CO[C@@H]1CC[C@H](C(=O)NCc2cccc(OC(F)(F)F)c2)C[C@H]1N. The first kappa shape index (κ1) is 18.5. The molecule has 0 aromatic heterocycles. The molecular weight excluding hydrogens is 325 g/mol. The molecule has 5 nitrogen and oxygen atoms in total. The fourth-order valence-corrected chi connectivity index (χ4v) is 2.89. The van der Waals surface area contributed by atoms with Crippen molar-refractivity contribution in [1.82, 2.24) is 5.32 Å². The van der Waals surface area contributed by atoms with Crippen LogP contribution in [0.3, 0.4) is 0 Å². The number of nitrogens with two attached hydrogens (primary N) is 1. The topological polar surface area (TPSA) is 73.6 Å². The lowest BCUT2D eigenvalue weighted by Crippen LogP contribution is -2.45. The van der Waals surface area contributed by atoms with Gasteiger partial charge in [-0.15, -0.1) is 13.2 Å². The minimum Gasteiger partial charge on any atom is -0.406 e. The van der Waals surface area contributed by atoms with Crippen molar-refractivity contribution in [3.8, 4) is 5.75 Å². The number of rotatable bonds is 5. The van der Waals surface area contributed by atoms with E-state index >= 15 is 0 Å². The summed E-state index contributed by atoms with van der Waals surface area (Å²) in [7, 11) is 1.60. The molecule has 2 rings (SSSR count). The molecule has 0 unspecified atom stereocenters. The number of benzene rings is 1. The van der Waals surface area contributed by atoms with Gasteiger partial charge in [0.1, 0.15) is 5.75 Å². The van der Waals surface area contributed by atoms with Gasteiger partial charge in [0.25, 0.3) is 0 Å². The minimum atomic E-state index is -4.74. The van der Waals surface area contributed by atoms with Crippen molar-refractivity contribution < 1.29 is 27.4 Å². The van der Waals surface area contributed by atoms with Crippen LogP contribution in [-0.4, -0.2) is 31.5 Å². The third-order valence-corrected chi connectivity index (χ3v) is 4.11. The van der Waals surface area contributed by atoms with Crippen molar-refractivity contribution >= 4 is 5.91 Å². The largest absolute Gasteiger partial charge is 0.573 e. The van der Waals surface area contributed by atoms with Crippen molar-refractivity contribution in [2.75, 3.05) is 7.11 Å². The van der Waals surface area contributed by atoms with Crippen molar-refractivity contribution in [2.24, 2.45) is 11.7 Å². The molecule has 1 aliphatic carbocycles. The molecule has 1 fully saturated rings. The zero-order valence-corrected chi connectivity index (χ0v) is 13.3. The molecule has 1 aromatic rings. The molecule has 1 aliphatic rings. The predicted octanol–water partition coefficient (Wildman–Crippen LogP) is 2.34. The summed E-state index contributed by atoms with van der Waals surface area (Å²) in [6.07, 6.45) is -2.86. The van der Waals surface area contributed by atoms with Crippen molar-refractivity contribution in [3.05, 3.63) is 29.8 Å². The molecule has 0 spiro atoms.